The molecule has 2 unspecified atom stereocenters. The molecule has 0 saturated carbocycles. The zero-order chi connectivity index (χ0) is 28.5. The highest BCUT2D eigenvalue weighted by atomic mass is 16.6. The number of benzene rings is 1. The maximum absolute atomic E-state index is 13.4. The van der Waals surface area contributed by atoms with Crippen LogP contribution in [0.4, 0.5) is 4.79 Å². The quantitative estimate of drug-likeness (QED) is 0.451. The van der Waals surface area contributed by atoms with Crippen LogP contribution < -0.4 is 10.1 Å². The average Bonchev–Trinajstić information content (AvgIpc) is 3.48. The molecule has 2 atom stereocenters. The third-order valence-corrected chi connectivity index (χ3v) is 6.66. The fraction of sp³-hybridized carbons (Fsp3) is 0.464. The highest BCUT2D eigenvalue weighted by Crippen LogP contribution is 2.25. The number of nitrogens with one attached hydrogen (secondary N) is 1. The van der Waals surface area contributed by atoms with Gasteiger partial charge in [0.05, 0.1) is 25.5 Å². The van der Waals surface area contributed by atoms with Gasteiger partial charge in [-0.25, -0.2) is 9.78 Å². The first-order valence-electron chi connectivity index (χ1n) is 13.4. The molecule has 2 aromatic rings. The van der Waals surface area contributed by atoms with Gasteiger partial charge in [0, 0.05) is 56.7 Å². The van der Waals surface area contributed by atoms with E-state index in [0.29, 0.717) is 24.7 Å². The lowest BCUT2D eigenvalue weighted by Gasteiger charge is -2.35. The molecule has 3 heterocycles. The fourth-order valence-electron chi connectivity index (χ4n) is 4.55. The van der Waals surface area contributed by atoms with Crippen LogP contribution in [0.15, 0.2) is 42.5 Å². The standard InChI is InChI=1S/C28H34N4O8/c1-2-39-28(37)32-13-11-31(12-14-32)27(36)22(8-9-25(33)34)30-26(35)24-17-21(40-20-10-15-38-18-20)16-23(29-24)19-6-4-3-5-7-19/h3-7,16-17,20,22H,2,8-15,18H2,1H3,(H,30,35)(H,33,34). The number of nitrogens with zero attached hydrogens (tertiary/aromatic N) is 3. The van der Waals surface area contributed by atoms with E-state index in [9.17, 15) is 24.3 Å². The van der Waals surface area contributed by atoms with E-state index in [1.807, 2.05) is 30.3 Å². The van der Waals surface area contributed by atoms with Crippen molar-refractivity contribution in [1.29, 1.82) is 0 Å². The fourth-order valence-corrected chi connectivity index (χ4v) is 4.55. The molecule has 2 N–H and O–H groups in total. The zero-order valence-electron chi connectivity index (χ0n) is 22.4. The van der Waals surface area contributed by atoms with E-state index in [1.54, 1.807) is 13.0 Å². The molecule has 1 aromatic heterocycles. The molecule has 0 bridgehead atoms. The Hall–Kier alpha value is -4.19. The predicted molar refractivity (Wildman–Crippen MR) is 143 cm³/mol. The van der Waals surface area contributed by atoms with Crippen LogP contribution in [0.5, 0.6) is 5.75 Å². The Morgan fingerprint density at radius 1 is 1.10 bits per heavy atom. The Balaban J connectivity index is 1.52. The maximum atomic E-state index is 13.4. The van der Waals surface area contributed by atoms with Crippen LogP contribution in [-0.4, -0.2) is 102 Å². The number of carbonyl (C=O) groups is 4. The SMILES string of the molecule is CCOC(=O)N1CCN(C(=O)C(CCC(=O)O)NC(=O)c2cc(OC3CCOC3)cc(-c3ccccc3)n2)CC1. The van der Waals surface area contributed by atoms with Gasteiger partial charge in [-0.15, -0.1) is 0 Å². The third-order valence-electron chi connectivity index (χ3n) is 6.66. The second kappa shape index (κ2) is 13.7. The third kappa shape index (κ3) is 7.69. The van der Waals surface area contributed by atoms with Gasteiger partial charge in [-0.2, -0.15) is 0 Å². The molecule has 2 aliphatic heterocycles. The van der Waals surface area contributed by atoms with Gasteiger partial charge < -0.3 is 34.4 Å². The number of hydrogen-bond acceptors (Lipinski definition) is 8. The molecule has 40 heavy (non-hydrogen) atoms. The number of carboxylic acids is 1. The lowest BCUT2D eigenvalue weighted by atomic mass is 10.1. The highest BCUT2D eigenvalue weighted by molar-refractivity contribution is 5.97. The maximum Gasteiger partial charge on any atom is 0.409 e. The number of piperazine rings is 1. The highest BCUT2D eigenvalue weighted by Gasteiger charge is 2.31. The molecule has 1 aromatic carbocycles. The second-order valence-electron chi connectivity index (χ2n) is 9.51. The zero-order valence-corrected chi connectivity index (χ0v) is 22.4. The Labute approximate surface area is 232 Å². The van der Waals surface area contributed by atoms with Gasteiger partial charge >= 0.3 is 12.1 Å². The van der Waals surface area contributed by atoms with Crippen LogP contribution in [-0.2, 0) is 19.1 Å². The Bertz CT molecular complexity index is 1190. The second-order valence-corrected chi connectivity index (χ2v) is 9.51. The number of aliphatic carboxylic acids is 1. The number of carboxylic acid groups (broad SMARTS) is 1. The van der Waals surface area contributed by atoms with Crippen LogP contribution in [0.25, 0.3) is 11.3 Å². The van der Waals surface area contributed by atoms with Crippen molar-refractivity contribution in [3.8, 4) is 17.0 Å². The Kier molecular flexibility index (Phi) is 9.90. The van der Waals surface area contributed by atoms with Crippen molar-refractivity contribution < 1.29 is 38.5 Å². The molecule has 214 valence electrons. The summed E-state index contributed by atoms with van der Waals surface area (Å²) < 4.78 is 16.5. The summed E-state index contributed by atoms with van der Waals surface area (Å²) in [6.45, 7) is 4.03. The number of hydrogen-bond donors (Lipinski definition) is 2. The molecule has 0 aliphatic carbocycles. The van der Waals surface area contributed by atoms with Crippen molar-refractivity contribution in [2.75, 3.05) is 46.0 Å². The van der Waals surface area contributed by atoms with Gasteiger partial charge in [-0.3, -0.25) is 14.4 Å². The van der Waals surface area contributed by atoms with E-state index in [-0.39, 0.29) is 57.4 Å². The first-order valence-corrected chi connectivity index (χ1v) is 13.4. The minimum Gasteiger partial charge on any atom is -0.488 e. The topological polar surface area (TPSA) is 148 Å². The summed E-state index contributed by atoms with van der Waals surface area (Å²) in [5, 5.41) is 11.9. The molecule has 4 rings (SSSR count). The molecule has 2 fully saturated rings. The van der Waals surface area contributed by atoms with Crippen molar-refractivity contribution >= 4 is 23.9 Å². The number of pyridine rings is 1. The lowest BCUT2D eigenvalue weighted by Crippen LogP contribution is -2.56. The predicted octanol–water partition coefficient (Wildman–Crippen LogP) is 2.18. The van der Waals surface area contributed by atoms with Gasteiger partial charge in [0.2, 0.25) is 5.91 Å². The van der Waals surface area contributed by atoms with E-state index >= 15 is 0 Å². The number of carbonyl (C=O) groups excluding carboxylic acids is 3. The van der Waals surface area contributed by atoms with Crippen LogP contribution in [0.3, 0.4) is 0 Å². The minimum atomic E-state index is -1.09. The summed E-state index contributed by atoms with van der Waals surface area (Å²) in [4.78, 5) is 57.7. The van der Waals surface area contributed by atoms with Crippen LogP contribution in [0, 0.1) is 0 Å². The van der Waals surface area contributed by atoms with E-state index in [0.717, 1.165) is 12.0 Å². The van der Waals surface area contributed by atoms with E-state index in [4.69, 9.17) is 14.2 Å². The van der Waals surface area contributed by atoms with E-state index < -0.39 is 29.9 Å². The van der Waals surface area contributed by atoms with Crippen LogP contribution in [0.1, 0.15) is 36.7 Å². The molecule has 0 radical (unpaired) electrons. The molecule has 12 nitrogen and oxygen atoms in total. The van der Waals surface area contributed by atoms with Gasteiger partial charge in [0.25, 0.3) is 5.91 Å². The van der Waals surface area contributed by atoms with Gasteiger partial charge in [0.15, 0.2) is 0 Å². The lowest BCUT2D eigenvalue weighted by molar-refractivity contribution is -0.138. The first kappa shape index (κ1) is 28.8. The number of aromatic nitrogens is 1. The largest absolute Gasteiger partial charge is 0.488 e. The van der Waals surface area contributed by atoms with Crippen molar-refractivity contribution in [2.24, 2.45) is 0 Å². The number of amides is 3. The molecule has 0 spiro atoms. The van der Waals surface area contributed by atoms with Gasteiger partial charge in [0.1, 0.15) is 23.6 Å². The summed E-state index contributed by atoms with van der Waals surface area (Å²) in [6.07, 6.45) is -0.289. The van der Waals surface area contributed by atoms with Crippen molar-refractivity contribution in [3.05, 3.63) is 48.2 Å². The molecule has 3 amide bonds. The summed E-state index contributed by atoms with van der Waals surface area (Å²) >= 11 is 0. The van der Waals surface area contributed by atoms with Gasteiger partial charge in [-0.1, -0.05) is 30.3 Å². The Morgan fingerprint density at radius 2 is 1.82 bits per heavy atom. The molecule has 2 saturated heterocycles. The summed E-state index contributed by atoms with van der Waals surface area (Å²) in [5.41, 5.74) is 1.34. The van der Waals surface area contributed by atoms with E-state index in [1.165, 1.54) is 15.9 Å². The van der Waals surface area contributed by atoms with Crippen LogP contribution in [0.2, 0.25) is 0 Å². The molecular weight excluding hydrogens is 520 g/mol. The first-order chi connectivity index (χ1) is 19.3. The monoisotopic (exact) mass is 554 g/mol. The van der Waals surface area contributed by atoms with Crippen molar-refractivity contribution in [2.45, 2.75) is 38.3 Å². The summed E-state index contributed by atoms with van der Waals surface area (Å²) in [6, 6.07) is 11.5. The number of rotatable bonds is 10. The molecule has 2 aliphatic rings. The number of ether oxygens (including phenoxy) is 3. The normalized spacial score (nSPS) is 17.7. The molecule has 12 heteroatoms. The van der Waals surface area contributed by atoms with Crippen molar-refractivity contribution in [3.63, 3.8) is 0 Å². The Morgan fingerprint density at radius 3 is 2.48 bits per heavy atom. The minimum absolute atomic E-state index is 0.0375. The smallest absolute Gasteiger partial charge is 0.409 e. The summed E-state index contributed by atoms with van der Waals surface area (Å²) in [5.74, 6) is -1.69. The van der Waals surface area contributed by atoms with Gasteiger partial charge in [-0.05, 0) is 13.3 Å². The van der Waals surface area contributed by atoms with E-state index in [2.05, 4.69) is 10.3 Å². The average molecular weight is 555 g/mol. The summed E-state index contributed by atoms with van der Waals surface area (Å²) in [7, 11) is 0. The van der Waals surface area contributed by atoms with Crippen molar-refractivity contribution in [1.82, 2.24) is 20.1 Å². The van der Waals surface area contributed by atoms with Crippen LogP contribution >= 0.6 is 0 Å². The molecular formula is C28H34N4O8.